The van der Waals surface area contributed by atoms with E-state index in [1.807, 2.05) is 74.5 Å². The molecule has 3 rings (SSSR count). The third-order valence-corrected chi connectivity index (χ3v) is 7.87. The molecule has 42 heavy (non-hydrogen) atoms. The largest absolute Gasteiger partial charge is 0.463 e. The van der Waals surface area contributed by atoms with Crippen molar-refractivity contribution in [2.75, 3.05) is 59.1 Å². The summed E-state index contributed by atoms with van der Waals surface area (Å²) < 4.78 is 16.4. The Labute approximate surface area is 253 Å². The fourth-order valence-corrected chi connectivity index (χ4v) is 4.84. The van der Waals surface area contributed by atoms with Gasteiger partial charge in [0.15, 0.2) is 0 Å². The Morgan fingerprint density at radius 1 is 0.762 bits per heavy atom. The molecular weight excluding hydrogens is 528 g/mol. The van der Waals surface area contributed by atoms with Crippen LogP contribution in [-0.4, -0.2) is 85.0 Å². The van der Waals surface area contributed by atoms with Gasteiger partial charge in [0.05, 0.1) is 18.6 Å². The van der Waals surface area contributed by atoms with Crippen molar-refractivity contribution in [1.82, 2.24) is 19.9 Å². The van der Waals surface area contributed by atoms with Gasteiger partial charge in [-0.15, -0.1) is 0 Å². The first-order chi connectivity index (χ1) is 20.5. The zero-order valence-electron chi connectivity index (χ0n) is 26.7. The van der Waals surface area contributed by atoms with Gasteiger partial charge in [0, 0.05) is 25.1 Å². The first-order valence-corrected chi connectivity index (χ1v) is 15.6. The topological polar surface area (TPSA) is 80.9 Å². The summed E-state index contributed by atoms with van der Waals surface area (Å²) in [6, 6.07) is 19.8. The molecule has 0 N–H and O–H groups in total. The fourth-order valence-electron chi connectivity index (χ4n) is 4.84. The van der Waals surface area contributed by atoms with Gasteiger partial charge < -0.3 is 23.8 Å². The summed E-state index contributed by atoms with van der Waals surface area (Å²) in [4.78, 5) is 21.7. The fraction of sp³-hybridized carbons (Fsp3) is 0.559. The summed E-state index contributed by atoms with van der Waals surface area (Å²) in [7, 11) is 0. The normalized spacial score (nSPS) is 11.4. The van der Waals surface area contributed by atoms with Crippen LogP contribution in [0.15, 0.2) is 65.2 Å². The Hall–Kier alpha value is -3.07. The van der Waals surface area contributed by atoms with Crippen LogP contribution in [-0.2, 0) is 26.1 Å². The third kappa shape index (κ3) is 11.0. The molecule has 8 heteroatoms. The number of ether oxygens (including phenoxy) is 2. The van der Waals surface area contributed by atoms with Gasteiger partial charge in [-0.1, -0.05) is 107 Å². The number of nitrogens with zero attached hydrogens (tertiary/aromatic N) is 4. The average Bonchev–Trinajstić information content (AvgIpc) is 3.52. The quantitative estimate of drug-likeness (QED) is 0.129. The van der Waals surface area contributed by atoms with Crippen LogP contribution in [0.5, 0.6) is 0 Å². The monoisotopic (exact) mass is 580 g/mol. The highest BCUT2D eigenvalue weighted by Crippen LogP contribution is 2.33. The van der Waals surface area contributed by atoms with Crippen LogP contribution >= 0.6 is 0 Å². The van der Waals surface area contributed by atoms with Crippen molar-refractivity contribution in [2.45, 2.75) is 66.2 Å². The lowest BCUT2D eigenvalue weighted by Gasteiger charge is -2.29. The predicted octanol–water partition coefficient (Wildman–Crippen LogP) is 6.27. The molecule has 0 aliphatic carbocycles. The maximum atomic E-state index is 12.7. The standard InChI is InChI=1S/C20H33NO3.C14H19N3O/c1-5-20(6-2,18-12-10-9-11-13-18)19(22)24-17-16-23-15-14-21(7-3)8-4;1-3-17(4-2)11-10-13-15-14(16-18-13)12-8-6-5-7-9-12/h9-13H,5-8,14-17H2,1-4H3;5-9H,3-4,10-11H2,1-2H3. The van der Waals surface area contributed by atoms with Gasteiger partial charge in [-0.05, 0) is 44.6 Å². The molecular formula is C34H52N4O4. The van der Waals surface area contributed by atoms with Gasteiger partial charge >= 0.3 is 5.97 Å². The lowest BCUT2D eigenvalue weighted by Crippen LogP contribution is -2.37. The van der Waals surface area contributed by atoms with Gasteiger partial charge in [0.25, 0.3) is 0 Å². The molecule has 232 valence electrons. The second-order valence-corrected chi connectivity index (χ2v) is 10.1. The second kappa shape index (κ2) is 19.9. The highest BCUT2D eigenvalue weighted by atomic mass is 16.6. The van der Waals surface area contributed by atoms with Crippen LogP contribution in [0.1, 0.15) is 65.8 Å². The minimum Gasteiger partial charge on any atom is -0.463 e. The van der Waals surface area contributed by atoms with Crippen LogP contribution in [0.25, 0.3) is 11.4 Å². The van der Waals surface area contributed by atoms with Crippen molar-refractivity contribution in [3.05, 3.63) is 72.1 Å². The number of benzene rings is 2. The highest BCUT2D eigenvalue weighted by Gasteiger charge is 2.38. The molecule has 0 unspecified atom stereocenters. The number of likely N-dealkylation sites (N-methyl/N-ethyl adjacent to an activating group) is 2. The zero-order valence-corrected chi connectivity index (χ0v) is 26.7. The minimum atomic E-state index is -0.553. The first-order valence-electron chi connectivity index (χ1n) is 15.6. The molecule has 0 amide bonds. The molecule has 0 bridgehead atoms. The smallest absolute Gasteiger partial charge is 0.316 e. The number of esters is 1. The second-order valence-electron chi connectivity index (χ2n) is 10.1. The number of hydrogen-bond donors (Lipinski definition) is 0. The van der Waals surface area contributed by atoms with E-state index in [9.17, 15) is 4.79 Å². The molecule has 0 radical (unpaired) electrons. The number of rotatable bonds is 18. The predicted molar refractivity (Wildman–Crippen MR) is 169 cm³/mol. The number of hydrogen-bond acceptors (Lipinski definition) is 8. The van der Waals surface area contributed by atoms with Crippen LogP contribution < -0.4 is 0 Å². The lowest BCUT2D eigenvalue weighted by atomic mass is 9.76. The van der Waals surface area contributed by atoms with Crippen molar-refractivity contribution >= 4 is 5.97 Å². The van der Waals surface area contributed by atoms with Crippen molar-refractivity contribution in [1.29, 1.82) is 0 Å². The molecule has 0 fully saturated rings. The summed E-state index contributed by atoms with van der Waals surface area (Å²) in [6.07, 6.45) is 2.27. The lowest BCUT2D eigenvalue weighted by molar-refractivity contribution is -0.152. The Morgan fingerprint density at radius 3 is 1.90 bits per heavy atom. The maximum Gasteiger partial charge on any atom is 0.316 e. The van der Waals surface area contributed by atoms with Gasteiger partial charge in [0.1, 0.15) is 6.61 Å². The number of carbonyl (C=O) groups is 1. The van der Waals surface area contributed by atoms with E-state index in [-0.39, 0.29) is 5.97 Å². The molecule has 1 heterocycles. The van der Waals surface area contributed by atoms with E-state index in [0.717, 1.165) is 69.7 Å². The Morgan fingerprint density at radius 2 is 1.33 bits per heavy atom. The number of carbonyl (C=O) groups excluding carboxylic acids is 1. The molecule has 0 atom stereocenters. The van der Waals surface area contributed by atoms with Crippen molar-refractivity contribution in [2.24, 2.45) is 0 Å². The molecule has 3 aromatic rings. The Bertz CT molecular complexity index is 1090. The van der Waals surface area contributed by atoms with E-state index in [1.54, 1.807) is 0 Å². The van der Waals surface area contributed by atoms with Gasteiger partial charge in [-0.3, -0.25) is 4.79 Å². The molecule has 2 aromatic carbocycles. The molecule has 0 saturated heterocycles. The maximum absolute atomic E-state index is 12.7. The highest BCUT2D eigenvalue weighted by molar-refractivity contribution is 5.83. The summed E-state index contributed by atoms with van der Waals surface area (Å²) in [6.45, 7) is 20.2. The van der Waals surface area contributed by atoms with E-state index in [1.165, 1.54) is 0 Å². The van der Waals surface area contributed by atoms with E-state index >= 15 is 0 Å². The van der Waals surface area contributed by atoms with Crippen molar-refractivity contribution in [3.8, 4) is 11.4 Å². The molecule has 0 spiro atoms. The summed E-state index contributed by atoms with van der Waals surface area (Å²) in [5, 5.41) is 4.01. The van der Waals surface area contributed by atoms with E-state index in [2.05, 4.69) is 47.6 Å². The molecule has 1 aromatic heterocycles. The molecule has 0 aliphatic heterocycles. The Kier molecular flexibility index (Phi) is 16.7. The van der Waals surface area contributed by atoms with Gasteiger partial charge in [-0.25, -0.2) is 0 Å². The summed E-state index contributed by atoms with van der Waals surface area (Å²) in [5.41, 5.74) is 1.47. The number of aromatic nitrogens is 2. The van der Waals surface area contributed by atoms with Crippen molar-refractivity contribution < 1.29 is 18.8 Å². The van der Waals surface area contributed by atoms with Crippen molar-refractivity contribution in [3.63, 3.8) is 0 Å². The SMILES string of the molecule is CCN(CC)CCOCCOC(=O)C(CC)(CC)c1ccccc1.CCN(CC)CCc1nc(-c2ccccc2)no1. The van der Waals surface area contributed by atoms with Crippen LogP contribution in [0.4, 0.5) is 0 Å². The van der Waals surface area contributed by atoms with E-state index in [4.69, 9.17) is 14.0 Å². The van der Waals surface area contributed by atoms with Crippen LogP contribution in [0.3, 0.4) is 0 Å². The van der Waals surface area contributed by atoms with Gasteiger partial charge in [-0.2, -0.15) is 4.98 Å². The zero-order chi connectivity index (χ0) is 30.6. The van der Waals surface area contributed by atoms with Crippen LogP contribution in [0, 0.1) is 0 Å². The average molecular weight is 581 g/mol. The summed E-state index contributed by atoms with van der Waals surface area (Å²) in [5.74, 6) is 1.23. The molecule has 0 aliphatic rings. The van der Waals surface area contributed by atoms with E-state index in [0.29, 0.717) is 31.5 Å². The Balaban J connectivity index is 0.000000305. The summed E-state index contributed by atoms with van der Waals surface area (Å²) >= 11 is 0. The van der Waals surface area contributed by atoms with Crippen LogP contribution in [0.2, 0.25) is 0 Å². The van der Waals surface area contributed by atoms with Gasteiger partial charge in [0.2, 0.25) is 11.7 Å². The minimum absolute atomic E-state index is 0.147. The first kappa shape index (κ1) is 35.1. The third-order valence-electron chi connectivity index (χ3n) is 7.87. The molecule has 8 nitrogen and oxygen atoms in total. The van der Waals surface area contributed by atoms with E-state index < -0.39 is 5.41 Å². The molecule has 0 saturated carbocycles.